The number of ether oxygens (including phenoxy) is 1. The number of rotatable bonds is 1. The molecule has 0 N–H and O–H groups in total. The summed E-state index contributed by atoms with van der Waals surface area (Å²) in [6, 6.07) is 5.57. The van der Waals surface area contributed by atoms with E-state index in [2.05, 4.69) is 0 Å². The topological polar surface area (TPSA) is 46.6 Å². The maximum Gasteiger partial charge on any atom is 0.308 e. The lowest BCUT2D eigenvalue weighted by molar-refractivity contribution is -0.132. The first-order chi connectivity index (χ1) is 8.56. The van der Waals surface area contributed by atoms with Gasteiger partial charge in [-0.25, -0.2) is 0 Å². The number of carbonyl (C=O) groups excluding carboxylic acids is 2. The Hall–Kier alpha value is -1.49. The van der Waals surface area contributed by atoms with E-state index in [1.54, 1.807) is 29.7 Å². The van der Waals surface area contributed by atoms with Crippen molar-refractivity contribution in [1.29, 1.82) is 0 Å². The summed E-state index contributed by atoms with van der Waals surface area (Å²) in [5.74, 6) is 1.16. The van der Waals surface area contributed by atoms with E-state index in [9.17, 15) is 9.59 Å². The standard InChI is InChI=1S/C13H15NO3S.CH4/c1-9(15)14-5-6-18-13-4-3-12(17-10(2)16)7-11(13)8-14;/h3-4,7H,5-6,8H2,1-2H3;1H4. The minimum atomic E-state index is -0.334. The van der Waals surface area contributed by atoms with Gasteiger partial charge in [-0.3, -0.25) is 9.59 Å². The molecule has 1 aromatic carbocycles. The predicted molar refractivity (Wildman–Crippen MR) is 76.3 cm³/mol. The smallest absolute Gasteiger partial charge is 0.308 e. The van der Waals surface area contributed by atoms with Crippen LogP contribution in [-0.2, 0) is 16.1 Å². The maximum absolute atomic E-state index is 11.5. The third-order valence-corrected chi connectivity index (χ3v) is 3.81. The summed E-state index contributed by atoms with van der Waals surface area (Å²) in [5, 5.41) is 0. The van der Waals surface area contributed by atoms with Crippen LogP contribution in [0.15, 0.2) is 23.1 Å². The van der Waals surface area contributed by atoms with Crippen molar-refractivity contribution in [2.24, 2.45) is 0 Å². The van der Waals surface area contributed by atoms with Crippen molar-refractivity contribution in [2.45, 2.75) is 32.7 Å². The Morgan fingerprint density at radius 1 is 1.32 bits per heavy atom. The van der Waals surface area contributed by atoms with Gasteiger partial charge in [0.05, 0.1) is 0 Å². The van der Waals surface area contributed by atoms with E-state index >= 15 is 0 Å². The van der Waals surface area contributed by atoms with Crippen LogP contribution in [0.2, 0.25) is 0 Å². The monoisotopic (exact) mass is 281 g/mol. The van der Waals surface area contributed by atoms with Crippen LogP contribution in [0.5, 0.6) is 5.75 Å². The largest absolute Gasteiger partial charge is 0.427 e. The van der Waals surface area contributed by atoms with Gasteiger partial charge in [0.1, 0.15) is 5.75 Å². The lowest BCUT2D eigenvalue weighted by atomic mass is 10.2. The van der Waals surface area contributed by atoms with E-state index in [1.807, 2.05) is 12.1 Å². The summed E-state index contributed by atoms with van der Waals surface area (Å²) in [5.41, 5.74) is 1.03. The SMILES string of the molecule is C.CC(=O)Oc1ccc2c(c1)CN(C(C)=O)CCS2. The number of hydrogen-bond donors (Lipinski definition) is 0. The number of thioether (sulfide) groups is 1. The minimum Gasteiger partial charge on any atom is -0.427 e. The number of amides is 1. The summed E-state index contributed by atoms with van der Waals surface area (Å²) in [6.45, 7) is 4.28. The maximum atomic E-state index is 11.5. The molecule has 0 saturated heterocycles. The van der Waals surface area contributed by atoms with Crippen molar-refractivity contribution in [3.05, 3.63) is 23.8 Å². The van der Waals surface area contributed by atoms with E-state index in [0.29, 0.717) is 12.3 Å². The molecule has 0 spiro atoms. The van der Waals surface area contributed by atoms with Gasteiger partial charge < -0.3 is 9.64 Å². The third-order valence-electron chi connectivity index (χ3n) is 2.72. The second-order valence-electron chi connectivity index (χ2n) is 4.15. The summed E-state index contributed by atoms with van der Waals surface area (Å²) < 4.78 is 5.07. The zero-order valence-electron chi connectivity index (χ0n) is 10.4. The fraction of sp³-hybridized carbons (Fsp3) is 0.429. The second-order valence-corrected chi connectivity index (χ2v) is 5.29. The van der Waals surface area contributed by atoms with E-state index in [1.165, 1.54) is 6.92 Å². The average Bonchev–Trinajstić information content (AvgIpc) is 2.49. The molecular formula is C14H19NO3S. The minimum absolute atomic E-state index is 0. The van der Waals surface area contributed by atoms with Crippen LogP contribution in [0.25, 0.3) is 0 Å². The predicted octanol–water partition coefficient (Wildman–Crippen LogP) is 2.70. The average molecular weight is 281 g/mol. The van der Waals surface area contributed by atoms with Crippen LogP contribution < -0.4 is 4.74 Å². The van der Waals surface area contributed by atoms with Gasteiger partial charge in [-0.2, -0.15) is 0 Å². The zero-order valence-corrected chi connectivity index (χ0v) is 11.3. The highest BCUT2D eigenvalue weighted by molar-refractivity contribution is 7.99. The Labute approximate surface area is 118 Å². The molecule has 19 heavy (non-hydrogen) atoms. The Bertz CT molecular complexity index is 488. The molecule has 5 heteroatoms. The first kappa shape index (κ1) is 15.6. The van der Waals surface area contributed by atoms with Gasteiger partial charge in [0, 0.05) is 37.6 Å². The molecule has 0 aromatic heterocycles. The van der Waals surface area contributed by atoms with Crippen molar-refractivity contribution in [3.63, 3.8) is 0 Å². The number of benzene rings is 1. The number of nitrogens with zero attached hydrogens (tertiary/aromatic N) is 1. The van der Waals surface area contributed by atoms with Gasteiger partial charge >= 0.3 is 5.97 Å². The van der Waals surface area contributed by atoms with Crippen molar-refractivity contribution in [3.8, 4) is 5.75 Å². The fourth-order valence-corrected chi connectivity index (χ4v) is 2.87. The molecule has 0 unspecified atom stereocenters. The van der Waals surface area contributed by atoms with E-state index in [-0.39, 0.29) is 19.3 Å². The van der Waals surface area contributed by atoms with Crippen LogP contribution in [-0.4, -0.2) is 29.1 Å². The van der Waals surface area contributed by atoms with E-state index in [4.69, 9.17) is 4.74 Å². The number of hydrogen-bond acceptors (Lipinski definition) is 4. The lowest BCUT2D eigenvalue weighted by Crippen LogP contribution is -2.29. The molecule has 1 aliphatic rings. The molecule has 1 aromatic rings. The number of esters is 1. The Balaban J connectivity index is 0.00000180. The van der Waals surface area contributed by atoms with Gasteiger partial charge in [-0.15, -0.1) is 11.8 Å². The van der Waals surface area contributed by atoms with Crippen LogP contribution in [0.4, 0.5) is 0 Å². The summed E-state index contributed by atoms with van der Waals surface area (Å²) in [4.78, 5) is 25.3. The van der Waals surface area contributed by atoms with Gasteiger partial charge in [-0.1, -0.05) is 7.43 Å². The molecule has 1 amide bonds. The van der Waals surface area contributed by atoms with Crippen molar-refractivity contribution in [1.82, 2.24) is 4.90 Å². The van der Waals surface area contributed by atoms with Gasteiger partial charge in [0.2, 0.25) is 5.91 Å². The second kappa shape index (κ2) is 6.61. The van der Waals surface area contributed by atoms with Crippen LogP contribution in [0, 0.1) is 0 Å². The Kier molecular flexibility index (Phi) is 5.42. The van der Waals surface area contributed by atoms with Crippen LogP contribution >= 0.6 is 11.8 Å². The lowest BCUT2D eigenvalue weighted by Gasteiger charge is -2.18. The quantitative estimate of drug-likeness (QED) is 0.586. The van der Waals surface area contributed by atoms with E-state index in [0.717, 1.165) is 22.8 Å². The highest BCUT2D eigenvalue weighted by Gasteiger charge is 2.17. The highest BCUT2D eigenvalue weighted by atomic mass is 32.2. The summed E-state index contributed by atoms with van der Waals surface area (Å²) in [6.07, 6.45) is 0. The summed E-state index contributed by atoms with van der Waals surface area (Å²) in [7, 11) is 0. The molecular weight excluding hydrogens is 262 g/mol. The Morgan fingerprint density at radius 3 is 2.68 bits per heavy atom. The molecule has 0 bridgehead atoms. The van der Waals surface area contributed by atoms with Gasteiger partial charge in [0.15, 0.2) is 0 Å². The van der Waals surface area contributed by atoms with Crippen molar-refractivity contribution in [2.75, 3.05) is 12.3 Å². The zero-order chi connectivity index (χ0) is 13.1. The third kappa shape index (κ3) is 3.99. The molecule has 1 heterocycles. The first-order valence-electron chi connectivity index (χ1n) is 5.76. The molecule has 0 saturated carbocycles. The molecule has 0 fully saturated rings. The van der Waals surface area contributed by atoms with Crippen molar-refractivity contribution >= 4 is 23.6 Å². The highest BCUT2D eigenvalue weighted by Crippen LogP contribution is 2.30. The first-order valence-corrected chi connectivity index (χ1v) is 6.74. The number of carbonyl (C=O) groups is 2. The molecule has 0 aliphatic carbocycles. The van der Waals surface area contributed by atoms with Crippen molar-refractivity contribution < 1.29 is 14.3 Å². The normalized spacial score (nSPS) is 13.9. The molecule has 104 valence electrons. The molecule has 2 rings (SSSR count). The van der Waals surface area contributed by atoms with Gasteiger partial charge in [-0.05, 0) is 23.8 Å². The Morgan fingerprint density at radius 2 is 2.05 bits per heavy atom. The summed E-state index contributed by atoms with van der Waals surface area (Å²) >= 11 is 1.72. The van der Waals surface area contributed by atoms with Gasteiger partial charge in [0.25, 0.3) is 0 Å². The number of fused-ring (bicyclic) bond motifs is 1. The van der Waals surface area contributed by atoms with Crippen LogP contribution in [0.3, 0.4) is 0 Å². The molecule has 0 radical (unpaired) electrons. The van der Waals surface area contributed by atoms with E-state index < -0.39 is 0 Å². The fourth-order valence-electron chi connectivity index (χ4n) is 1.87. The van der Waals surface area contributed by atoms with Crippen LogP contribution in [0.1, 0.15) is 26.8 Å². The molecule has 1 aliphatic heterocycles. The molecule has 4 nitrogen and oxygen atoms in total. The molecule has 0 atom stereocenters.